The Morgan fingerprint density at radius 2 is 1.62 bits per heavy atom. The van der Waals surface area contributed by atoms with Crippen molar-refractivity contribution in [1.29, 1.82) is 0 Å². The molecule has 7 heteroatoms. The van der Waals surface area contributed by atoms with Crippen molar-refractivity contribution in [3.8, 4) is 11.1 Å². The van der Waals surface area contributed by atoms with E-state index in [9.17, 15) is 19.5 Å². The van der Waals surface area contributed by atoms with Gasteiger partial charge in [0.25, 0.3) is 0 Å². The number of alkyl carbamates (subject to hydrolysis) is 1. The van der Waals surface area contributed by atoms with Crippen molar-refractivity contribution in [2.45, 2.75) is 57.5 Å². The molecule has 2 aliphatic rings. The highest BCUT2D eigenvalue weighted by Gasteiger charge is 2.41. The number of ether oxygens (including phenoxy) is 1. The molecule has 2 atom stereocenters. The molecule has 4 rings (SSSR count). The number of rotatable bonds is 7. The van der Waals surface area contributed by atoms with Gasteiger partial charge in [-0.2, -0.15) is 0 Å². The van der Waals surface area contributed by atoms with Crippen molar-refractivity contribution in [3.63, 3.8) is 0 Å². The number of fused-ring (bicyclic) bond motifs is 3. The summed E-state index contributed by atoms with van der Waals surface area (Å²) in [4.78, 5) is 38.6. The topological polar surface area (TPSA) is 95.9 Å². The lowest BCUT2D eigenvalue weighted by Crippen LogP contribution is -2.54. The van der Waals surface area contributed by atoms with E-state index in [0.29, 0.717) is 25.8 Å². The molecular weight excluding hydrogens is 432 g/mol. The number of nitrogens with zero attached hydrogens (tertiary/aromatic N) is 1. The molecule has 34 heavy (non-hydrogen) atoms. The second kappa shape index (κ2) is 9.49. The van der Waals surface area contributed by atoms with Gasteiger partial charge in [-0.15, -0.1) is 0 Å². The van der Waals surface area contributed by atoms with Gasteiger partial charge in [0.1, 0.15) is 12.1 Å². The summed E-state index contributed by atoms with van der Waals surface area (Å²) >= 11 is 0. The summed E-state index contributed by atoms with van der Waals surface area (Å²) in [6, 6.07) is 16.2. The van der Waals surface area contributed by atoms with Gasteiger partial charge in [0.2, 0.25) is 5.91 Å². The molecule has 0 unspecified atom stereocenters. The fourth-order valence-electron chi connectivity index (χ4n) is 5.31. The third kappa shape index (κ3) is 4.39. The predicted octanol–water partition coefficient (Wildman–Crippen LogP) is 4.41. The van der Waals surface area contributed by atoms with E-state index in [2.05, 4.69) is 29.6 Å². The van der Waals surface area contributed by atoms with Crippen LogP contribution >= 0.6 is 0 Å². The molecule has 0 bridgehead atoms. The fraction of sp³-hybridized carbons (Fsp3) is 0.444. The summed E-state index contributed by atoms with van der Waals surface area (Å²) in [5.41, 5.74) is 3.39. The van der Waals surface area contributed by atoms with Crippen molar-refractivity contribution in [1.82, 2.24) is 10.2 Å². The van der Waals surface area contributed by atoms with Gasteiger partial charge >= 0.3 is 12.1 Å². The van der Waals surface area contributed by atoms with Crippen LogP contribution < -0.4 is 5.32 Å². The van der Waals surface area contributed by atoms with E-state index in [0.717, 1.165) is 11.1 Å². The largest absolute Gasteiger partial charge is 0.480 e. The number of nitrogens with one attached hydrogen (secondary N) is 1. The SMILES string of the molecule is CCN(C(=O)[C@H]1CC[C@@H](NC(=O)OCC2c3ccccc3-c3ccccc32)C1)C(C)(C)C(=O)O. The van der Waals surface area contributed by atoms with Gasteiger partial charge in [-0.3, -0.25) is 4.79 Å². The van der Waals surface area contributed by atoms with E-state index in [1.165, 1.54) is 29.9 Å². The van der Waals surface area contributed by atoms with Gasteiger partial charge in [0.15, 0.2) is 0 Å². The maximum Gasteiger partial charge on any atom is 0.407 e. The lowest BCUT2D eigenvalue weighted by atomic mass is 9.98. The minimum Gasteiger partial charge on any atom is -0.480 e. The Morgan fingerprint density at radius 3 is 2.18 bits per heavy atom. The first-order valence-electron chi connectivity index (χ1n) is 11.9. The van der Waals surface area contributed by atoms with Crippen LogP contribution in [0.5, 0.6) is 0 Å². The molecule has 2 aromatic carbocycles. The minimum atomic E-state index is -1.27. The standard InChI is InChI=1S/C27H32N2O5/c1-4-29(27(2,3)25(31)32)24(30)17-13-14-18(15-17)28-26(33)34-16-23-21-11-7-5-9-19(21)20-10-6-8-12-22(20)23/h5-12,17-18,23H,4,13-16H2,1-3H3,(H,28,33)(H,31,32)/t17-,18+/m0/s1. The monoisotopic (exact) mass is 464 g/mol. The smallest absolute Gasteiger partial charge is 0.407 e. The molecular formula is C27H32N2O5. The van der Waals surface area contributed by atoms with Gasteiger partial charge in [0.05, 0.1) is 0 Å². The van der Waals surface area contributed by atoms with E-state index in [1.807, 2.05) is 24.3 Å². The molecule has 1 saturated carbocycles. The third-order valence-electron chi connectivity index (χ3n) is 7.23. The number of carbonyl (C=O) groups is 3. The molecule has 0 aliphatic heterocycles. The second-order valence-corrected chi connectivity index (χ2v) is 9.62. The summed E-state index contributed by atoms with van der Waals surface area (Å²) in [7, 11) is 0. The molecule has 2 N–H and O–H groups in total. The van der Waals surface area contributed by atoms with E-state index in [4.69, 9.17) is 4.74 Å². The summed E-state index contributed by atoms with van der Waals surface area (Å²) in [5.74, 6) is -1.52. The molecule has 180 valence electrons. The third-order valence-corrected chi connectivity index (χ3v) is 7.23. The average molecular weight is 465 g/mol. The van der Waals surface area contributed by atoms with E-state index < -0.39 is 17.6 Å². The highest BCUT2D eigenvalue weighted by molar-refractivity contribution is 5.87. The fourth-order valence-corrected chi connectivity index (χ4v) is 5.31. The van der Waals surface area contributed by atoms with Crippen LogP contribution in [-0.4, -0.2) is 52.7 Å². The Bertz CT molecular complexity index is 1050. The highest BCUT2D eigenvalue weighted by Crippen LogP contribution is 2.44. The summed E-state index contributed by atoms with van der Waals surface area (Å²) < 4.78 is 5.63. The Balaban J connectivity index is 1.34. The van der Waals surface area contributed by atoms with Crippen LogP contribution in [-0.2, 0) is 14.3 Å². The molecule has 7 nitrogen and oxygen atoms in total. The molecule has 2 aliphatic carbocycles. The minimum absolute atomic E-state index is 0.00702. The predicted molar refractivity (Wildman–Crippen MR) is 128 cm³/mol. The van der Waals surface area contributed by atoms with E-state index in [1.54, 1.807) is 6.92 Å². The van der Waals surface area contributed by atoms with Crippen LogP contribution in [0.4, 0.5) is 4.79 Å². The maximum atomic E-state index is 13.0. The summed E-state index contributed by atoms with van der Waals surface area (Å²) in [5, 5.41) is 12.4. The van der Waals surface area contributed by atoms with Gasteiger partial charge in [-0.05, 0) is 62.3 Å². The molecule has 0 aromatic heterocycles. The van der Waals surface area contributed by atoms with Crippen molar-refractivity contribution in [2.75, 3.05) is 13.2 Å². The van der Waals surface area contributed by atoms with Gasteiger partial charge < -0.3 is 20.1 Å². The molecule has 0 heterocycles. The zero-order chi connectivity index (χ0) is 24.5. The Kier molecular flexibility index (Phi) is 6.64. The first-order valence-corrected chi connectivity index (χ1v) is 11.9. The number of hydrogen-bond donors (Lipinski definition) is 2. The number of carboxylic acid groups (broad SMARTS) is 1. The number of hydrogen-bond acceptors (Lipinski definition) is 4. The summed E-state index contributed by atoms with van der Waals surface area (Å²) in [6.45, 7) is 5.42. The lowest BCUT2D eigenvalue weighted by molar-refractivity contribution is -0.158. The quantitative estimate of drug-likeness (QED) is 0.633. The highest BCUT2D eigenvalue weighted by atomic mass is 16.5. The zero-order valence-electron chi connectivity index (χ0n) is 19.9. The van der Waals surface area contributed by atoms with Gasteiger partial charge in [-0.1, -0.05) is 48.5 Å². The number of amides is 2. The molecule has 0 radical (unpaired) electrons. The average Bonchev–Trinajstić information content (AvgIpc) is 3.40. The molecule has 1 fully saturated rings. The Hall–Kier alpha value is -3.35. The molecule has 2 amide bonds. The van der Waals surface area contributed by atoms with Crippen LogP contribution in [0, 0.1) is 5.92 Å². The van der Waals surface area contributed by atoms with Crippen LogP contribution in [0.3, 0.4) is 0 Å². The lowest BCUT2D eigenvalue weighted by Gasteiger charge is -2.36. The maximum absolute atomic E-state index is 13.0. The van der Waals surface area contributed by atoms with Crippen molar-refractivity contribution >= 4 is 18.0 Å². The zero-order valence-corrected chi connectivity index (χ0v) is 19.9. The molecule has 0 saturated heterocycles. The number of carboxylic acids is 1. The second-order valence-electron chi connectivity index (χ2n) is 9.62. The van der Waals surface area contributed by atoms with Gasteiger partial charge in [0, 0.05) is 24.4 Å². The van der Waals surface area contributed by atoms with E-state index >= 15 is 0 Å². The number of carbonyl (C=O) groups excluding carboxylic acids is 2. The Labute approximate surface area is 200 Å². The van der Waals surface area contributed by atoms with Crippen LogP contribution in [0.1, 0.15) is 57.1 Å². The van der Waals surface area contributed by atoms with Crippen LogP contribution in [0.15, 0.2) is 48.5 Å². The number of aliphatic carboxylic acids is 1. The first kappa shape index (κ1) is 23.8. The Morgan fingerprint density at radius 1 is 1.03 bits per heavy atom. The van der Waals surface area contributed by atoms with Crippen molar-refractivity contribution < 1.29 is 24.2 Å². The van der Waals surface area contributed by atoms with Crippen molar-refractivity contribution in [3.05, 3.63) is 59.7 Å². The normalized spacial score (nSPS) is 19.3. The number of benzene rings is 2. The summed E-state index contributed by atoms with van der Waals surface area (Å²) in [6.07, 6.45) is 1.26. The first-order chi connectivity index (χ1) is 16.2. The van der Waals surface area contributed by atoms with Gasteiger partial charge in [-0.25, -0.2) is 9.59 Å². The van der Waals surface area contributed by atoms with Crippen molar-refractivity contribution in [2.24, 2.45) is 5.92 Å². The molecule has 2 aromatic rings. The van der Waals surface area contributed by atoms with E-state index in [-0.39, 0.29) is 30.4 Å². The molecule has 0 spiro atoms. The number of likely N-dealkylation sites (N-methyl/N-ethyl adjacent to an activating group) is 1. The van der Waals surface area contributed by atoms with Crippen LogP contribution in [0.2, 0.25) is 0 Å². The van der Waals surface area contributed by atoms with Crippen LogP contribution in [0.25, 0.3) is 11.1 Å².